The van der Waals surface area contributed by atoms with E-state index in [1.807, 2.05) is 17.0 Å². The van der Waals surface area contributed by atoms with Gasteiger partial charge < -0.3 is 14.5 Å². The highest BCUT2D eigenvalue weighted by molar-refractivity contribution is 5.94. The van der Waals surface area contributed by atoms with Crippen LogP contribution in [-0.2, 0) is 13.0 Å². The summed E-state index contributed by atoms with van der Waals surface area (Å²) < 4.78 is 6.27. The Bertz CT molecular complexity index is 1010. The van der Waals surface area contributed by atoms with Crippen molar-refractivity contribution in [2.24, 2.45) is 5.41 Å². The number of fused-ring (bicyclic) bond motifs is 3. The SMILES string of the molecule is CN1CCN(C(=O)c2ccc3c(c2)Cc2cccc(c2)CN(CCC(C)(C)C)CCCCCO3)CC1. The average molecular weight is 492 g/mol. The van der Waals surface area contributed by atoms with Crippen LogP contribution in [0.4, 0.5) is 0 Å². The van der Waals surface area contributed by atoms with Gasteiger partial charge in [0.25, 0.3) is 5.91 Å². The van der Waals surface area contributed by atoms with E-state index in [9.17, 15) is 4.79 Å². The molecule has 0 radical (unpaired) electrons. The number of likely N-dealkylation sites (N-methyl/N-ethyl adjacent to an activating group) is 1. The first-order valence-electron chi connectivity index (χ1n) is 13.8. The van der Waals surface area contributed by atoms with Gasteiger partial charge in [-0.05, 0) is 86.1 Å². The summed E-state index contributed by atoms with van der Waals surface area (Å²) in [4.78, 5) is 20.1. The van der Waals surface area contributed by atoms with Gasteiger partial charge in [0.15, 0.2) is 0 Å². The van der Waals surface area contributed by atoms with Crippen LogP contribution in [0.2, 0.25) is 0 Å². The summed E-state index contributed by atoms with van der Waals surface area (Å²) in [7, 11) is 2.11. The third-order valence-electron chi connectivity index (χ3n) is 7.44. The van der Waals surface area contributed by atoms with E-state index >= 15 is 0 Å². The lowest BCUT2D eigenvalue weighted by molar-refractivity contribution is 0.0664. The number of amides is 1. The third-order valence-corrected chi connectivity index (χ3v) is 7.44. The second-order valence-electron chi connectivity index (χ2n) is 11.9. The zero-order valence-electron chi connectivity index (χ0n) is 22.9. The molecule has 4 rings (SSSR count). The van der Waals surface area contributed by atoms with Crippen molar-refractivity contribution in [3.8, 4) is 5.75 Å². The monoisotopic (exact) mass is 491 g/mol. The molecular weight excluding hydrogens is 446 g/mol. The number of hydrogen-bond donors (Lipinski definition) is 0. The van der Waals surface area contributed by atoms with Gasteiger partial charge in [-0.3, -0.25) is 9.69 Å². The van der Waals surface area contributed by atoms with Crippen LogP contribution in [0.3, 0.4) is 0 Å². The molecule has 2 aromatic carbocycles. The van der Waals surface area contributed by atoms with E-state index in [2.05, 4.69) is 68.0 Å². The Morgan fingerprint density at radius 3 is 2.47 bits per heavy atom. The Morgan fingerprint density at radius 1 is 0.917 bits per heavy atom. The van der Waals surface area contributed by atoms with Crippen LogP contribution in [0.1, 0.15) is 73.5 Å². The molecule has 2 aromatic rings. The zero-order valence-corrected chi connectivity index (χ0v) is 22.9. The van der Waals surface area contributed by atoms with Crippen molar-refractivity contribution in [3.05, 3.63) is 64.7 Å². The van der Waals surface area contributed by atoms with Crippen LogP contribution in [0.15, 0.2) is 42.5 Å². The van der Waals surface area contributed by atoms with E-state index < -0.39 is 0 Å². The predicted octanol–water partition coefficient (Wildman–Crippen LogP) is 5.47. The fourth-order valence-electron chi connectivity index (χ4n) is 5.06. The van der Waals surface area contributed by atoms with E-state index in [0.717, 1.165) is 82.1 Å². The molecule has 0 N–H and O–H groups in total. The van der Waals surface area contributed by atoms with Gasteiger partial charge in [-0.15, -0.1) is 0 Å². The average Bonchev–Trinajstić information content (AvgIpc) is 2.84. The van der Waals surface area contributed by atoms with Crippen molar-refractivity contribution in [1.82, 2.24) is 14.7 Å². The Labute approximate surface area is 218 Å². The second-order valence-corrected chi connectivity index (χ2v) is 11.9. The fraction of sp³-hybridized carbons (Fsp3) is 0.581. The van der Waals surface area contributed by atoms with Gasteiger partial charge in [0, 0.05) is 44.7 Å². The summed E-state index contributed by atoms with van der Waals surface area (Å²) >= 11 is 0. The maximum atomic E-state index is 13.3. The molecule has 2 aliphatic heterocycles. The van der Waals surface area contributed by atoms with Crippen LogP contribution in [-0.4, -0.2) is 73.5 Å². The van der Waals surface area contributed by atoms with E-state index in [1.165, 1.54) is 30.4 Å². The lowest BCUT2D eigenvalue weighted by Gasteiger charge is -2.32. The van der Waals surface area contributed by atoms with E-state index in [0.29, 0.717) is 5.41 Å². The molecule has 0 aliphatic carbocycles. The van der Waals surface area contributed by atoms with Crippen LogP contribution in [0, 0.1) is 5.41 Å². The first-order valence-corrected chi connectivity index (χ1v) is 13.8. The third kappa shape index (κ3) is 7.81. The largest absolute Gasteiger partial charge is 0.493 e. The molecule has 0 unspecified atom stereocenters. The Hall–Kier alpha value is -2.37. The lowest BCUT2D eigenvalue weighted by Crippen LogP contribution is -2.47. The summed E-state index contributed by atoms with van der Waals surface area (Å²) in [6, 6.07) is 15.0. The predicted molar refractivity (Wildman–Crippen MR) is 148 cm³/mol. The van der Waals surface area contributed by atoms with Gasteiger partial charge in [0.1, 0.15) is 5.75 Å². The minimum Gasteiger partial charge on any atom is -0.493 e. The van der Waals surface area contributed by atoms with Crippen molar-refractivity contribution < 1.29 is 9.53 Å². The number of rotatable bonds is 3. The van der Waals surface area contributed by atoms with Gasteiger partial charge in [0.05, 0.1) is 6.61 Å². The second kappa shape index (κ2) is 12.2. The minimum atomic E-state index is 0.133. The number of piperazine rings is 1. The number of hydrogen-bond acceptors (Lipinski definition) is 4. The van der Waals surface area contributed by atoms with Gasteiger partial charge in [-0.1, -0.05) is 45.0 Å². The Balaban J connectivity index is 1.55. The zero-order chi connectivity index (χ0) is 25.5. The molecule has 2 heterocycles. The minimum absolute atomic E-state index is 0.133. The van der Waals surface area contributed by atoms with Crippen LogP contribution in [0.25, 0.3) is 0 Å². The molecule has 0 spiro atoms. The molecule has 2 bridgehead atoms. The molecule has 1 amide bonds. The first kappa shape index (κ1) is 26.7. The summed E-state index contributed by atoms with van der Waals surface area (Å²) in [5.74, 6) is 1.05. The molecule has 0 atom stereocenters. The van der Waals surface area contributed by atoms with Crippen LogP contribution in [0.5, 0.6) is 5.75 Å². The highest BCUT2D eigenvalue weighted by Gasteiger charge is 2.22. The summed E-state index contributed by atoms with van der Waals surface area (Å²) in [6.45, 7) is 14.4. The van der Waals surface area contributed by atoms with Crippen molar-refractivity contribution in [3.63, 3.8) is 0 Å². The molecule has 0 aromatic heterocycles. The Kier molecular flexibility index (Phi) is 9.08. The molecular formula is C31H45N3O2. The topological polar surface area (TPSA) is 36.0 Å². The molecule has 0 saturated carbocycles. The van der Waals surface area contributed by atoms with Gasteiger partial charge in [-0.2, -0.15) is 0 Å². The van der Waals surface area contributed by atoms with Crippen molar-refractivity contribution in [2.75, 3.05) is 52.9 Å². The quantitative estimate of drug-likeness (QED) is 0.571. The maximum absolute atomic E-state index is 13.3. The Morgan fingerprint density at radius 2 is 1.69 bits per heavy atom. The molecule has 5 nitrogen and oxygen atoms in total. The number of carbonyl (C=O) groups is 1. The highest BCUT2D eigenvalue weighted by Crippen LogP contribution is 2.26. The fourth-order valence-corrected chi connectivity index (χ4v) is 5.06. The van der Waals surface area contributed by atoms with E-state index in [4.69, 9.17) is 4.74 Å². The molecule has 2 aliphatic rings. The summed E-state index contributed by atoms with van der Waals surface area (Å²) in [5, 5.41) is 0. The molecule has 1 fully saturated rings. The lowest BCUT2D eigenvalue weighted by atomic mass is 9.92. The molecule has 1 saturated heterocycles. The number of benzene rings is 2. The van der Waals surface area contributed by atoms with Crippen molar-refractivity contribution in [1.29, 1.82) is 0 Å². The maximum Gasteiger partial charge on any atom is 0.253 e. The summed E-state index contributed by atoms with van der Waals surface area (Å²) in [6.07, 6.45) is 5.39. The molecule has 36 heavy (non-hydrogen) atoms. The number of nitrogens with zero attached hydrogens (tertiary/aromatic N) is 3. The van der Waals surface area contributed by atoms with Gasteiger partial charge >= 0.3 is 0 Å². The molecule has 5 heteroatoms. The normalized spacial score (nSPS) is 18.7. The number of ether oxygens (including phenoxy) is 1. The first-order chi connectivity index (χ1) is 17.3. The van der Waals surface area contributed by atoms with Gasteiger partial charge in [-0.25, -0.2) is 0 Å². The van der Waals surface area contributed by atoms with Crippen molar-refractivity contribution >= 4 is 5.91 Å². The molecule has 196 valence electrons. The summed E-state index contributed by atoms with van der Waals surface area (Å²) in [5.41, 5.74) is 4.86. The smallest absolute Gasteiger partial charge is 0.253 e. The van der Waals surface area contributed by atoms with E-state index in [-0.39, 0.29) is 5.91 Å². The number of carbonyl (C=O) groups excluding carboxylic acids is 1. The van der Waals surface area contributed by atoms with Crippen LogP contribution >= 0.6 is 0 Å². The van der Waals surface area contributed by atoms with Gasteiger partial charge in [0.2, 0.25) is 0 Å². The standard InChI is InChI=1S/C31H45N3O2/c1-31(2,3)13-15-33-14-6-5-7-20-36-29-12-11-27(30(35)34-18-16-32(4)17-19-34)23-28(29)22-25-9-8-10-26(21-25)24-33/h8-12,21,23H,5-7,13-20,22,24H2,1-4H3. The van der Waals surface area contributed by atoms with Crippen molar-refractivity contribution in [2.45, 2.75) is 59.4 Å². The van der Waals surface area contributed by atoms with Crippen LogP contribution < -0.4 is 4.74 Å². The highest BCUT2D eigenvalue weighted by atomic mass is 16.5. The van der Waals surface area contributed by atoms with E-state index in [1.54, 1.807) is 0 Å².